The molecule has 3 heterocycles. The molecule has 0 spiro atoms. The van der Waals surface area contributed by atoms with Crippen molar-refractivity contribution in [1.82, 2.24) is 20.2 Å². The van der Waals surface area contributed by atoms with Gasteiger partial charge in [-0.05, 0) is 31.0 Å². The molecule has 1 N–H and O–H groups in total. The molecule has 3 aromatic rings. The Labute approximate surface area is 130 Å². The number of halogens is 1. The first-order valence-electron chi connectivity index (χ1n) is 6.86. The predicted octanol–water partition coefficient (Wildman–Crippen LogP) is 3.43. The largest absolute Gasteiger partial charge is 0.377 e. The van der Waals surface area contributed by atoms with Gasteiger partial charge in [-0.3, -0.25) is 0 Å². The van der Waals surface area contributed by atoms with Crippen molar-refractivity contribution in [3.8, 4) is 0 Å². The quantitative estimate of drug-likeness (QED) is 0.749. The second-order valence-electron chi connectivity index (χ2n) is 5.05. The summed E-state index contributed by atoms with van der Waals surface area (Å²) in [6.45, 7) is 0.867. The van der Waals surface area contributed by atoms with Crippen molar-refractivity contribution >= 4 is 45.4 Å². The van der Waals surface area contributed by atoms with Gasteiger partial charge in [0, 0.05) is 28.3 Å². The molecule has 2 aromatic heterocycles. The molecule has 0 aliphatic carbocycles. The zero-order valence-electron chi connectivity index (χ0n) is 11.2. The Hall–Kier alpha value is -1.37. The molecule has 7 heteroatoms. The summed E-state index contributed by atoms with van der Waals surface area (Å²) in [5.41, 5.74) is 2.48. The zero-order valence-corrected chi connectivity index (χ0v) is 12.7. The highest BCUT2D eigenvalue weighted by molar-refractivity contribution is 7.99. The van der Waals surface area contributed by atoms with E-state index in [4.69, 9.17) is 16.3 Å². The Morgan fingerprint density at radius 2 is 2.33 bits per heavy atom. The van der Waals surface area contributed by atoms with Gasteiger partial charge in [-0.2, -0.15) is 0 Å². The van der Waals surface area contributed by atoms with Crippen molar-refractivity contribution in [3.05, 3.63) is 23.2 Å². The Morgan fingerprint density at radius 3 is 3.19 bits per heavy atom. The molecule has 0 radical (unpaired) electrons. The second-order valence-corrected chi connectivity index (χ2v) is 6.48. The van der Waals surface area contributed by atoms with Crippen LogP contribution in [-0.2, 0) is 4.74 Å². The summed E-state index contributed by atoms with van der Waals surface area (Å²) in [5.74, 6) is 0.874. The van der Waals surface area contributed by atoms with Crippen LogP contribution in [0.15, 0.2) is 23.4 Å². The maximum Gasteiger partial charge on any atom is 0.211 e. The number of nitrogens with zero attached hydrogens (tertiary/aromatic N) is 3. The van der Waals surface area contributed by atoms with Crippen LogP contribution in [0, 0.1) is 0 Å². The van der Waals surface area contributed by atoms with Gasteiger partial charge in [0.05, 0.1) is 6.10 Å². The number of ether oxygens (including phenoxy) is 1. The number of H-pyrrole nitrogens is 1. The van der Waals surface area contributed by atoms with Crippen LogP contribution < -0.4 is 0 Å². The molecule has 4 rings (SSSR count). The van der Waals surface area contributed by atoms with E-state index in [2.05, 4.69) is 20.2 Å². The average Bonchev–Trinajstić information content (AvgIpc) is 3.11. The molecule has 1 atom stereocenters. The SMILES string of the molecule is Clc1ccc2[nH]c3nc(SCC4CCCO4)nnc3c2c1. The Morgan fingerprint density at radius 1 is 1.38 bits per heavy atom. The molecule has 0 saturated carbocycles. The van der Waals surface area contributed by atoms with E-state index >= 15 is 0 Å². The highest BCUT2D eigenvalue weighted by Gasteiger charge is 2.17. The van der Waals surface area contributed by atoms with Crippen molar-refractivity contribution in [2.45, 2.75) is 24.1 Å². The zero-order chi connectivity index (χ0) is 14.2. The van der Waals surface area contributed by atoms with Crippen LogP contribution in [0.4, 0.5) is 0 Å². The Bertz CT molecular complexity index is 800. The van der Waals surface area contributed by atoms with E-state index in [1.54, 1.807) is 11.8 Å². The summed E-state index contributed by atoms with van der Waals surface area (Å²) in [6, 6.07) is 5.66. The average molecular weight is 321 g/mol. The first-order valence-corrected chi connectivity index (χ1v) is 8.22. The predicted molar refractivity (Wildman–Crippen MR) is 83.9 cm³/mol. The molecule has 1 aliphatic rings. The fourth-order valence-corrected chi connectivity index (χ4v) is 3.56. The number of aromatic nitrogens is 4. The van der Waals surface area contributed by atoms with E-state index in [-0.39, 0.29) is 0 Å². The van der Waals surface area contributed by atoms with Gasteiger partial charge in [-0.25, -0.2) is 4.98 Å². The standard InChI is InChI=1S/C14H13ClN4OS/c15-8-3-4-11-10(6-8)12-13(16-11)17-14(19-18-12)21-7-9-2-1-5-20-9/h3-4,6,9H,1-2,5,7H2,(H,16,17,19). The number of thioether (sulfide) groups is 1. The summed E-state index contributed by atoms with van der Waals surface area (Å²) in [4.78, 5) is 7.79. The molecule has 1 aromatic carbocycles. The van der Waals surface area contributed by atoms with Crippen molar-refractivity contribution < 1.29 is 4.74 Å². The monoisotopic (exact) mass is 320 g/mol. The fraction of sp³-hybridized carbons (Fsp3) is 0.357. The summed E-state index contributed by atoms with van der Waals surface area (Å²) >= 11 is 7.62. The van der Waals surface area contributed by atoms with E-state index in [9.17, 15) is 0 Å². The van der Waals surface area contributed by atoms with Crippen LogP contribution in [0.25, 0.3) is 22.1 Å². The van der Waals surface area contributed by atoms with E-state index in [1.165, 1.54) is 0 Å². The minimum atomic E-state index is 0.316. The van der Waals surface area contributed by atoms with Crippen LogP contribution in [0.5, 0.6) is 0 Å². The smallest absolute Gasteiger partial charge is 0.211 e. The lowest BCUT2D eigenvalue weighted by Crippen LogP contribution is -2.08. The van der Waals surface area contributed by atoms with Gasteiger partial charge in [-0.1, -0.05) is 23.4 Å². The molecule has 1 aliphatic heterocycles. The van der Waals surface area contributed by atoms with Crippen molar-refractivity contribution in [1.29, 1.82) is 0 Å². The lowest BCUT2D eigenvalue weighted by Gasteiger charge is -2.06. The molecule has 5 nitrogen and oxygen atoms in total. The van der Waals surface area contributed by atoms with E-state index in [1.807, 2.05) is 18.2 Å². The third kappa shape index (κ3) is 2.59. The third-order valence-corrected chi connectivity index (χ3v) is 4.78. The number of rotatable bonds is 3. The minimum Gasteiger partial charge on any atom is -0.377 e. The van der Waals surface area contributed by atoms with E-state index in [0.717, 1.165) is 47.3 Å². The van der Waals surface area contributed by atoms with Crippen LogP contribution in [-0.4, -0.2) is 38.6 Å². The van der Waals surface area contributed by atoms with E-state index in [0.29, 0.717) is 16.3 Å². The fourth-order valence-electron chi connectivity index (χ4n) is 2.53. The van der Waals surface area contributed by atoms with Gasteiger partial charge >= 0.3 is 0 Å². The lowest BCUT2D eigenvalue weighted by molar-refractivity contribution is 0.129. The van der Waals surface area contributed by atoms with Crippen LogP contribution in [0.3, 0.4) is 0 Å². The molecule has 1 fully saturated rings. The molecule has 1 unspecified atom stereocenters. The van der Waals surface area contributed by atoms with Gasteiger partial charge in [0.1, 0.15) is 5.52 Å². The molecule has 21 heavy (non-hydrogen) atoms. The molecule has 1 saturated heterocycles. The first kappa shape index (κ1) is 13.3. The number of fused-ring (bicyclic) bond motifs is 3. The summed E-state index contributed by atoms with van der Waals surface area (Å²) < 4.78 is 5.60. The van der Waals surface area contributed by atoms with Crippen LogP contribution in [0.2, 0.25) is 5.02 Å². The Kier molecular flexibility index (Phi) is 3.45. The topological polar surface area (TPSA) is 63.7 Å². The van der Waals surface area contributed by atoms with Crippen molar-refractivity contribution in [2.75, 3.05) is 12.4 Å². The summed E-state index contributed by atoms with van der Waals surface area (Å²) in [5, 5.41) is 10.8. The van der Waals surface area contributed by atoms with Gasteiger partial charge in [0.25, 0.3) is 0 Å². The van der Waals surface area contributed by atoms with E-state index < -0.39 is 0 Å². The van der Waals surface area contributed by atoms with Gasteiger partial charge in [0.15, 0.2) is 5.65 Å². The Balaban J connectivity index is 1.64. The maximum atomic E-state index is 6.03. The lowest BCUT2D eigenvalue weighted by atomic mass is 10.2. The first-order chi connectivity index (χ1) is 10.3. The molecule has 108 valence electrons. The van der Waals surface area contributed by atoms with Crippen molar-refractivity contribution in [2.24, 2.45) is 0 Å². The third-order valence-electron chi connectivity index (χ3n) is 3.58. The van der Waals surface area contributed by atoms with Crippen molar-refractivity contribution in [3.63, 3.8) is 0 Å². The summed E-state index contributed by atoms with van der Waals surface area (Å²) in [7, 11) is 0. The normalized spacial score (nSPS) is 18.8. The molecule has 0 amide bonds. The maximum absolute atomic E-state index is 6.03. The van der Waals surface area contributed by atoms with Gasteiger partial charge < -0.3 is 9.72 Å². The number of hydrogen-bond donors (Lipinski definition) is 1. The number of hydrogen-bond acceptors (Lipinski definition) is 5. The highest BCUT2D eigenvalue weighted by Crippen LogP contribution is 2.27. The number of nitrogens with one attached hydrogen (secondary N) is 1. The van der Waals surface area contributed by atoms with Gasteiger partial charge in [0.2, 0.25) is 5.16 Å². The molecular formula is C14H13ClN4OS. The van der Waals surface area contributed by atoms with Crippen LogP contribution >= 0.6 is 23.4 Å². The number of aromatic amines is 1. The number of benzene rings is 1. The molecule has 0 bridgehead atoms. The minimum absolute atomic E-state index is 0.316. The van der Waals surface area contributed by atoms with Gasteiger partial charge in [-0.15, -0.1) is 10.2 Å². The molecular weight excluding hydrogens is 308 g/mol. The highest BCUT2D eigenvalue weighted by atomic mass is 35.5. The van der Waals surface area contributed by atoms with Crippen LogP contribution in [0.1, 0.15) is 12.8 Å². The second kappa shape index (κ2) is 5.44. The summed E-state index contributed by atoms with van der Waals surface area (Å²) in [6.07, 6.45) is 2.58.